The Labute approximate surface area is 95.0 Å². The second-order valence-electron chi connectivity index (χ2n) is 3.15. The number of ether oxygens (including phenoxy) is 1. The van der Waals surface area contributed by atoms with Crippen LogP contribution in [0.5, 0.6) is 5.88 Å². The van der Waals surface area contributed by atoms with E-state index in [2.05, 4.69) is 15.3 Å². The quantitative estimate of drug-likeness (QED) is 0.761. The highest BCUT2D eigenvalue weighted by Gasteiger charge is 2.00. The van der Waals surface area contributed by atoms with Gasteiger partial charge in [0.2, 0.25) is 11.8 Å². The van der Waals surface area contributed by atoms with E-state index >= 15 is 0 Å². The Morgan fingerprint density at radius 1 is 1.60 bits per heavy atom. The molecule has 1 atom stereocenters. The van der Waals surface area contributed by atoms with Gasteiger partial charge in [0.25, 0.3) is 0 Å². The monoisotopic (exact) mass is 229 g/mol. The molecule has 0 aliphatic rings. The predicted molar refractivity (Wildman–Crippen MR) is 61.6 cm³/mol. The number of hydrogen-bond acceptors (Lipinski definition) is 4. The van der Waals surface area contributed by atoms with Gasteiger partial charge in [0, 0.05) is 24.2 Å². The van der Waals surface area contributed by atoms with Gasteiger partial charge in [-0.2, -0.15) is 4.98 Å². The van der Waals surface area contributed by atoms with E-state index in [1.165, 1.54) is 0 Å². The van der Waals surface area contributed by atoms with Gasteiger partial charge in [0.1, 0.15) is 0 Å². The molecule has 15 heavy (non-hydrogen) atoms. The van der Waals surface area contributed by atoms with E-state index in [0.29, 0.717) is 18.4 Å². The second kappa shape index (κ2) is 6.45. The van der Waals surface area contributed by atoms with Gasteiger partial charge in [0.15, 0.2) is 0 Å². The van der Waals surface area contributed by atoms with E-state index < -0.39 is 0 Å². The van der Waals surface area contributed by atoms with Gasteiger partial charge in [-0.25, -0.2) is 4.98 Å². The maximum atomic E-state index is 5.82. The number of aromatic nitrogens is 2. The Balaban J connectivity index is 2.43. The van der Waals surface area contributed by atoms with Gasteiger partial charge < -0.3 is 10.1 Å². The van der Waals surface area contributed by atoms with Gasteiger partial charge in [-0.15, -0.1) is 11.6 Å². The summed E-state index contributed by atoms with van der Waals surface area (Å²) in [4.78, 5) is 8.24. The summed E-state index contributed by atoms with van der Waals surface area (Å²) in [6.07, 6.45) is 2.55. The molecule has 1 rings (SSSR count). The van der Waals surface area contributed by atoms with Gasteiger partial charge in [-0.3, -0.25) is 0 Å². The fraction of sp³-hybridized carbons (Fsp3) is 0.600. The topological polar surface area (TPSA) is 47.0 Å². The largest absolute Gasteiger partial charge is 0.478 e. The van der Waals surface area contributed by atoms with E-state index in [1.807, 2.05) is 13.8 Å². The van der Waals surface area contributed by atoms with Gasteiger partial charge in [0.05, 0.1) is 6.61 Å². The molecule has 0 bridgehead atoms. The van der Waals surface area contributed by atoms with Crippen molar-refractivity contribution >= 4 is 17.5 Å². The summed E-state index contributed by atoms with van der Waals surface area (Å²) in [5.41, 5.74) is 0. The van der Waals surface area contributed by atoms with Crippen molar-refractivity contribution in [2.24, 2.45) is 0 Å². The van der Waals surface area contributed by atoms with Gasteiger partial charge in [-0.05, 0) is 20.3 Å². The van der Waals surface area contributed by atoms with Crippen molar-refractivity contribution in [3.05, 3.63) is 12.3 Å². The average molecular weight is 230 g/mol. The third-order valence-corrected chi connectivity index (χ3v) is 1.97. The molecular weight excluding hydrogens is 214 g/mol. The molecule has 0 aromatic carbocycles. The molecule has 0 amide bonds. The number of hydrogen-bond donors (Lipinski definition) is 1. The van der Waals surface area contributed by atoms with Crippen LogP contribution in [-0.4, -0.2) is 28.5 Å². The van der Waals surface area contributed by atoms with Crippen molar-refractivity contribution in [2.45, 2.75) is 25.6 Å². The van der Waals surface area contributed by atoms with Crippen molar-refractivity contribution in [3.63, 3.8) is 0 Å². The fourth-order valence-corrected chi connectivity index (χ4v) is 1.15. The third-order valence-electron chi connectivity index (χ3n) is 1.75. The lowest BCUT2D eigenvalue weighted by atomic mass is 10.3. The smallest absolute Gasteiger partial charge is 0.225 e. The number of halogens is 1. The summed E-state index contributed by atoms with van der Waals surface area (Å²) in [5.74, 6) is 1.17. The highest BCUT2D eigenvalue weighted by Crippen LogP contribution is 2.08. The first kappa shape index (κ1) is 12.0. The van der Waals surface area contributed by atoms with Crippen LogP contribution in [0.2, 0.25) is 0 Å². The lowest BCUT2D eigenvalue weighted by Crippen LogP contribution is -2.09. The molecule has 0 spiro atoms. The first-order valence-electron chi connectivity index (χ1n) is 5.06. The predicted octanol–water partition coefficient (Wildman–Crippen LogP) is 2.30. The molecule has 4 nitrogen and oxygen atoms in total. The summed E-state index contributed by atoms with van der Waals surface area (Å²) in [7, 11) is 0. The van der Waals surface area contributed by atoms with Crippen LogP contribution in [0.4, 0.5) is 5.95 Å². The lowest BCUT2D eigenvalue weighted by Gasteiger charge is -2.07. The molecule has 0 fully saturated rings. The molecule has 1 unspecified atom stereocenters. The molecule has 0 aliphatic carbocycles. The average Bonchev–Trinajstić information content (AvgIpc) is 2.18. The van der Waals surface area contributed by atoms with Gasteiger partial charge in [-0.1, -0.05) is 0 Å². The van der Waals surface area contributed by atoms with E-state index in [0.717, 1.165) is 13.0 Å². The van der Waals surface area contributed by atoms with Crippen LogP contribution in [0.3, 0.4) is 0 Å². The maximum absolute atomic E-state index is 5.82. The first-order valence-corrected chi connectivity index (χ1v) is 5.49. The summed E-state index contributed by atoms with van der Waals surface area (Å²) in [6, 6.07) is 1.73. The van der Waals surface area contributed by atoms with Crippen LogP contribution in [-0.2, 0) is 0 Å². The molecule has 1 aromatic heterocycles. The van der Waals surface area contributed by atoms with Gasteiger partial charge >= 0.3 is 0 Å². The van der Waals surface area contributed by atoms with E-state index in [1.54, 1.807) is 12.3 Å². The van der Waals surface area contributed by atoms with Crippen LogP contribution in [0.25, 0.3) is 0 Å². The van der Waals surface area contributed by atoms with Crippen molar-refractivity contribution in [1.82, 2.24) is 9.97 Å². The third kappa shape index (κ3) is 4.83. The second-order valence-corrected chi connectivity index (χ2v) is 3.89. The minimum Gasteiger partial charge on any atom is -0.478 e. The number of alkyl halides is 1. The zero-order chi connectivity index (χ0) is 11.1. The highest BCUT2D eigenvalue weighted by molar-refractivity contribution is 6.20. The summed E-state index contributed by atoms with van der Waals surface area (Å²) in [5, 5.41) is 3.25. The molecule has 0 radical (unpaired) electrons. The zero-order valence-corrected chi connectivity index (χ0v) is 9.79. The molecule has 1 aromatic rings. The first-order chi connectivity index (χ1) is 7.22. The normalized spacial score (nSPS) is 12.2. The van der Waals surface area contributed by atoms with E-state index in [-0.39, 0.29) is 5.38 Å². The lowest BCUT2D eigenvalue weighted by molar-refractivity contribution is 0.326. The Kier molecular flexibility index (Phi) is 5.18. The molecule has 0 saturated heterocycles. The fourth-order valence-electron chi connectivity index (χ4n) is 1.04. The van der Waals surface area contributed by atoms with Crippen LogP contribution in [0, 0.1) is 0 Å². The van der Waals surface area contributed by atoms with E-state index in [4.69, 9.17) is 16.3 Å². The Morgan fingerprint density at radius 3 is 3.07 bits per heavy atom. The highest BCUT2D eigenvalue weighted by atomic mass is 35.5. The van der Waals surface area contributed by atoms with Crippen LogP contribution in [0.15, 0.2) is 12.3 Å². The van der Waals surface area contributed by atoms with Crippen molar-refractivity contribution < 1.29 is 4.74 Å². The standard InChI is InChI=1S/C10H16ClN3O/c1-3-15-9-5-7-13-10(14-9)12-6-4-8(2)11/h5,7-8H,3-4,6H2,1-2H3,(H,12,13,14). The molecule has 5 heteroatoms. The SMILES string of the molecule is CCOc1ccnc(NCCC(C)Cl)n1. The van der Waals surface area contributed by atoms with Crippen molar-refractivity contribution in [2.75, 3.05) is 18.5 Å². The molecule has 1 heterocycles. The number of nitrogens with one attached hydrogen (secondary N) is 1. The Hall–Kier alpha value is -1.03. The summed E-state index contributed by atoms with van der Waals surface area (Å²) in [6.45, 7) is 5.25. The molecule has 1 N–H and O–H groups in total. The number of nitrogens with zero attached hydrogens (tertiary/aromatic N) is 2. The molecule has 0 aliphatic heterocycles. The minimum atomic E-state index is 0.160. The molecular formula is C10H16ClN3O. The van der Waals surface area contributed by atoms with Crippen molar-refractivity contribution in [1.29, 1.82) is 0 Å². The van der Waals surface area contributed by atoms with Crippen LogP contribution < -0.4 is 10.1 Å². The van der Waals surface area contributed by atoms with E-state index in [9.17, 15) is 0 Å². The Bertz CT molecular complexity index is 294. The summed E-state index contributed by atoms with van der Waals surface area (Å²) >= 11 is 5.82. The molecule has 84 valence electrons. The maximum Gasteiger partial charge on any atom is 0.225 e. The summed E-state index contributed by atoms with van der Waals surface area (Å²) < 4.78 is 5.26. The zero-order valence-electron chi connectivity index (χ0n) is 9.03. The minimum absolute atomic E-state index is 0.160. The van der Waals surface area contributed by atoms with Crippen molar-refractivity contribution in [3.8, 4) is 5.88 Å². The number of rotatable bonds is 6. The Morgan fingerprint density at radius 2 is 2.40 bits per heavy atom. The molecule has 0 saturated carbocycles. The van der Waals surface area contributed by atoms with Crippen LogP contribution >= 0.6 is 11.6 Å². The number of anilines is 1. The van der Waals surface area contributed by atoms with Crippen LogP contribution in [0.1, 0.15) is 20.3 Å².